The molecule has 5 nitrogen and oxygen atoms in total. The van der Waals surface area contributed by atoms with E-state index in [2.05, 4.69) is 21.2 Å². The van der Waals surface area contributed by atoms with E-state index >= 15 is 0 Å². The summed E-state index contributed by atoms with van der Waals surface area (Å²) >= 11 is 3.38. The van der Waals surface area contributed by atoms with E-state index in [4.69, 9.17) is 0 Å². The number of rotatable bonds is 4. The zero-order chi connectivity index (χ0) is 17.3. The summed E-state index contributed by atoms with van der Waals surface area (Å²) in [5.41, 5.74) is 1.68. The molecule has 1 aliphatic heterocycles. The molecule has 0 unspecified atom stereocenters. The van der Waals surface area contributed by atoms with E-state index in [0.717, 1.165) is 15.7 Å². The second-order valence-corrected chi connectivity index (χ2v) is 7.16. The van der Waals surface area contributed by atoms with Crippen molar-refractivity contribution < 1.29 is 14.4 Å². The number of likely N-dealkylation sites (tertiary alicyclic amines) is 1. The second-order valence-electron chi connectivity index (χ2n) is 6.24. The Morgan fingerprint density at radius 2 is 1.83 bits per heavy atom. The number of nitrogens with zero attached hydrogens (tertiary/aromatic N) is 1. The summed E-state index contributed by atoms with van der Waals surface area (Å²) in [6.07, 6.45) is 5.27. The van der Waals surface area contributed by atoms with E-state index in [0.29, 0.717) is 12.8 Å². The van der Waals surface area contributed by atoms with Crippen LogP contribution in [-0.2, 0) is 14.4 Å². The topological polar surface area (TPSA) is 66.5 Å². The summed E-state index contributed by atoms with van der Waals surface area (Å²) in [7, 11) is 0. The minimum Gasteiger partial charge on any atom is -0.326 e. The van der Waals surface area contributed by atoms with Crippen molar-refractivity contribution in [1.29, 1.82) is 0 Å². The molecule has 0 saturated carbocycles. The van der Waals surface area contributed by atoms with Crippen molar-refractivity contribution in [3.63, 3.8) is 0 Å². The van der Waals surface area contributed by atoms with Gasteiger partial charge in [0.25, 0.3) is 0 Å². The minimum absolute atomic E-state index is 0.111. The Morgan fingerprint density at radius 3 is 2.42 bits per heavy atom. The predicted octanol–water partition coefficient (Wildman–Crippen LogP) is 3.04. The average Bonchev–Trinajstić information content (AvgIpc) is 2.80. The summed E-state index contributed by atoms with van der Waals surface area (Å²) in [5.74, 6) is -0.948. The number of amides is 3. The van der Waals surface area contributed by atoms with E-state index in [9.17, 15) is 14.4 Å². The SMILES string of the molecule is Cc1cc(Br)ccc1NC(=O)CCN1C(=O)[C@@H]2CC=CC[C@H]2C1=O. The van der Waals surface area contributed by atoms with Crippen LogP contribution in [0.25, 0.3) is 0 Å². The number of nitrogens with one attached hydrogen (secondary N) is 1. The Labute approximate surface area is 149 Å². The van der Waals surface area contributed by atoms with Gasteiger partial charge in [0.1, 0.15) is 0 Å². The van der Waals surface area contributed by atoms with Gasteiger partial charge in [0, 0.05) is 23.1 Å². The first-order valence-electron chi connectivity index (χ1n) is 8.03. The Hall–Kier alpha value is -1.95. The lowest BCUT2D eigenvalue weighted by Gasteiger charge is -2.15. The molecular weight excluding hydrogens is 372 g/mol. The highest BCUT2D eigenvalue weighted by Crippen LogP contribution is 2.35. The fraction of sp³-hybridized carbons (Fsp3) is 0.389. The van der Waals surface area contributed by atoms with Gasteiger partial charge in [-0.1, -0.05) is 28.1 Å². The van der Waals surface area contributed by atoms with E-state index < -0.39 is 0 Å². The van der Waals surface area contributed by atoms with E-state index in [1.165, 1.54) is 4.90 Å². The molecule has 2 atom stereocenters. The molecule has 1 saturated heterocycles. The molecule has 0 aromatic heterocycles. The maximum Gasteiger partial charge on any atom is 0.233 e. The number of carbonyl (C=O) groups is 3. The van der Waals surface area contributed by atoms with Crippen LogP contribution in [0.5, 0.6) is 0 Å². The minimum atomic E-state index is -0.237. The normalized spacial score (nSPS) is 22.7. The Morgan fingerprint density at radius 1 is 1.21 bits per heavy atom. The van der Waals surface area contributed by atoms with Crippen LogP contribution in [0.4, 0.5) is 5.69 Å². The first-order chi connectivity index (χ1) is 11.5. The lowest BCUT2D eigenvalue weighted by Crippen LogP contribution is -2.34. The molecule has 6 heteroatoms. The molecule has 2 aliphatic rings. The predicted molar refractivity (Wildman–Crippen MR) is 94.2 cm³/mol. The lowest BCUT2D eigenvalue weighted by molar-refractivity contribution is -0.140. The Bertz CT molecular complexity index is 703. The zero-order valence-electron chi connectivity index (χ0n) is 13.4. The number of hydrogen-bond donors (Lipinski definition) is 1. The smallest absolute Gasteiger partial charge is 0.233 e. The molecule has 1 aliphatic carbocycles. The summed E-state index contributed by atoms with van der Waals surface area (Å²) in [5, 5.41) is 2.83. The summed E-state index contributed by atoms with van der Waals surface area (Å²) < 4.78 is 0.947. The van der Waals surface area contributed by atoms with Crippen LogP contribution >= 0.6 is 15.9 Å². The number of anilines is 1. The van der Waals surface area contributed by atoms with Gasteiger partial charge in [-0.3, -0.25) is 19.3 Å². The number of benzene rings is 1. The van der Waals surface area contributed by atoms with Gasteiger partial charge in [-0.2, -0.15) is 0 Å². The quantitative estimate of drug-likeness (QED) is 0.634. The van der Waals surface area contributed by atoms with Gasteiger partial charge >= 0.3 is 0 Å². The summed E-state index contributed by atoms with van der Waals surface area (Å²) in [6, 6.07) is 5.60. The molecule has 1 aromatic rings. The molecule has 0 spiro atoms. The van der Waals surface area contributed by atoms with Gasteiger partial charge in [0.05, 0.1) is 11.8 Å². The van der Waals surface area contributed by atoms with Crippen LogP contribution < -0.4 is 5.32 Å². The number of carbonyl (C=O) groups excluding carboxylic acids is 3. The third-order valence-electron chi connectivity index (χ3n) is 4.62. The number of allylic oxidation sites excluding steroid dienone is 2. The van der Waals surface area contributed by atoms with E-state index in [-0.39, 0.29) is 42.5 Å². The van der Waals surface area contributed by atoms with Crippen LogP contribution in [0.1, 0.15) is 24.8 Å². The zero-order valence-corrected chi connectivity index (χ0v) is 15.0. The molecule has 1 N–H and O–H groups in total. The van der Waals surface area contributed by atoms with Crippen molar-refractivity contribution in [2.45, 2.75) is 26.2 Å². The number of aryl methyl sites for hydroxylation is 1. The van der Waals surface area contributed by atoms with Crippen molar-refractivity contribution in [3.05, 3.63) is 40.4 Å². The van der Waals surface area contributed by atoms with Crippen LogP contribution in [0.2, 0.25) is 0 Å². The fourth-order valence-electron chi connectivity index (χ4n) is 3.28. The highest BCUT2D eigenvalue weighted by atomic mass is 79.9. The lowest BCUT2D eigenvalue weighted by atomic mass is 9.85. The molecule has 1 heterocycles. The van der Waals surface area contributed by atoms with Gasteiger partial charge in [0.15, 0.2) is 0 Å². The Kier molecular flexibility index (Phi) is 4.85. The Balaban J connectivity index is 1.58. The second kappa shape index (κ2) is 6.89. The molecule has 0 bridgehead atoms. The monoisotopic (exact) mass is 390 g/mol. The van der Waals surface area contributed by atoms with Crippen molar-refractivity contribution >= 4 is 39.3 Å². The number of hydrogen-bond acceptors (Lipinski definition) is 3. The van der Waals surface area contributed by atoms with Gasteiger partial charge in [-0.15, -0.1) is 0 Å². The van der Waals surface area contributed by atoms with Crippen LogP contribution in [0, 0.1) is 18.8 Å². The molecule has 24 heavy (non-hydrogen) atoms. The van der Waals surface area contributed by atoms with Gasteiger partial charge in [0.2, 0.25) is 17.7 Å². The van der Waals surface area contributed by atoms with E-state index in [1.54, 1.807) is 0 Å². The third-order valence-corrected chi connectivity index (χ3v) is 5.12. The molecule has 3 amide bonds. The van der Waals surface area contributed by atoms with Gasteiger partial charge < -0.3 is 5.32 Å². The third kappa shape index (κ3) is 3.29. The summed E-state index contributed by atoms with van der Waals surface area (Å²) in [4.78, 5) is 38.1. The number of imide groups is 1. The largest absolute Gasteiger partial charge is 0.326 e. The summed E-state index contributed by atoms with van der Waals surface area (Å²) in [6.45, 7) is 2.05. The molecular formula is C18H19BrN2O3. The van der Waals surface area contributed by atoms with Gasteiger partial charge in [-0.25, -0.2) is 0 Å². The number of halogens is 1. The maximum atomic E-state index is 12.3. The van der Waals surface area contributed by atoms with E-state index in [1.807, 2.05) is 37.3 Å². The molecule has 0 radical (unpaired) electrons. The first-order valence-corrected chi connectivity index (χ1v) is 8.83. The first kappa shape index (κ1) is 16.9. The standard InChI is InChI=1S/C18H19BrN2O3/c1-11-10-12(19)6-7-15(11)20-16(22)8-9-21-17(23)13-4-2-3-5-14(13)18(21)24/h2-3,6-7,10,13-14H,4-5,8-9H2,1H3,(H,20,22)/t13-,14-/m1/s1. The van der Waals surface area contributed by atoms with Crippen molar-refractivity contribution in [3.8, 4) is 0 Å². The van der Waals surface area contributed by atoms with Crippen molar-refractivity contribution in [2.24, 2.45) is 11.8 Å². The van der Waals surface area contributed by atoms with Crippen molar-refractivity contribution in [2.75, 3.05) is 11.9 Å². The molecule has 1 aromatic carbocycles. The average molecular weight is 391 g/mol. The molecule has 1 fully saturated rings. The van der Waals surface area contributed by atoms with Crippen LogP contribution in [0.15, 0.2) is 34.8 Å². The van der Waals surface area contributed by atoms with Crippen molar-refractivity contribution in [1.82, 2.24) is 4.90 Å². The highest BCUT2D eigenvalue weighted by molar-refractivity contribution is 9.10. The molecule has 3 rings (SSSR count). The fourth-order valence-corrected chi connectivity index (χ4v) is 3.76. The molecule has 126 valence electrons. The maximum absolute atomic E-state index is 12.3. The number of fused-ring (bicyclic) bond motifs is 1. The highest BCUT2D eigenvalue weighted by Gasteiger charge is 2.46. The van der Waals surface area contributed by atoms with Gasteiger partial charge in [-0.05, 0) is 43.5 Å². The van der Waals surface area contributed by atoms with Crippen LogP contribution in [-0.4, -0.2) is 29.2 Å². The van der Waals surface area contributed by atoms with Crippen LogP contribution in [0.3, 0.4) is 0 Å².